The van der Waals surface area contributed by atoms with Crippen LogP contribution in [0.5, 0.6) is 0 Å². The minimum Gasteiger partial charge on any atom is -0.453 e. The first kappa shape index (κ1) is 33.6. The van der Waals surface area contributed by atoms with E-state index in [4.69, 9.17) is 23.5 Å². The fraction of sp³-hybridized carbons (Fsp3) is 0.514. The molecule has 14 heteroatoms. The van der Waals surface area contributed by atoms with Crippen molar-refractivity contribution in [3.05, 3.63) is 59.5 Å². The Morgan fingerprint density at radius 2 is 1.65 bits per heavy atom. The van der Waals surface area contributed by atoms with Crippen molar-refractivity contribution in [1.29, 1.82) is 0 Å². The van der Waals surface area contributed by atoms with Gasteiger partial charge in [0.25, 0.3) is 5.92 Å². The molecule has 0 unspecified atom stereocenters. The molecule has 2 aromatic carbocycles. The third kappa shape index (κ3) is 5.53. The molecule has 260 valence electrons. The van der Waals surface area contributed by atoms with Crippen molar-refractivity contribution in [3.8, 4) is 22.4 Å². The highest BCUT2D eigenvalue weighted by Gasteiger charge is 2.54. The minimum absolute atomic E-state index is 0.0978. The molecule has 4 aliphatic rings. The maximum absolute atomic E-state index is 16.2. The number of ether oxygens (including phenoxy) is 3. The average molecular weight is 679 g/mol. The first-order valence-corrected chi connectivity index (χ1v) is 16.6. The lowest BCUT2D eigenvalue weighted by atomic mass is 9.77. The van der Waals surface area contributed by atoms with Gasteiger partial charge in [-0.1, -0.05) is 44.2 Å². The number of H-pyrrole nitrogens is 1. The van der Waals surface area contributed by atoms with Crippen LogP contribution in [-0.2, 0) is 34.2 Å². The molecule has 0 radical (unpaired) electrons. The normalized spacial score (nSPS) is 23.2. The Kier molecular flexibility index (Phi) is 7.97. The van der Waals surface area contributed by atoms with Crippen molar-refractivity contribution in [2.45, 2.75) is 83.0 Å². The molecule has 7 rings (SSSR count). The predicted octanol–water partition coefficient (Wildman–Crippen LogP) is 4.89. The molecule has 3 saturated heterocycles. The maximum Gasteiger partial charge on any atom is 0.494 e. The van der Waals surface area contributed by atoms with Gasteiger partial charge in [-0.2, -0.15) is 8.78 Å². The van der Waals surface area contributed by atoms with Crippen molar-refractivity contribution in [2.75, 3.05) is 26.9 Å². The number of nitrogens with one attached hydrogen (secondary N) is 2. The van der Waals surface area contributed by atoms with Crippen LogP contribution in [0, 0.1) is 5.92 Å². The van der Waals surface area contributed by atoms with Gasteiger partial charge >= 0.3 is 13.2 Å². The lowest BCUT2D eigenvalue weighted by Gasteiger charge is -2.32. The zero-order valence-electron chi connectivity index (χ0n) is 28.7. The van der Waals surface area contributed by atoms with Crippen LogP contribution in [0.3, 0.4) is 0 Å². The van der Waals surface area contributed by atoms with Gasteiger partial charge in [-0.15, -0.1) is 0 Å². The number of amides is 2. The topological polar surface area (TPSA) is 124 Å². The summed E-state index contributed by atoms with van der Waals surface area (Å²) in [6, 6.07) is 8.48. The molecule has 3 aromatic rings. The number of methoxy groups -OCH3 is 1. The molecule has 1 aliphatic carbocycles. The molecule has 2 atom stereocenters. The van der Waals surface area contributed by atoms with Crippen LogP contribution in [0.2, 0.25) is 0 Å². The number of imidazole rings is 1. The molecule has 1 aromatic heterocycles. The van der Waals surface area contributed by atoms with Gasteiger partial charge in [0.1, 0.15) is 11.9 Å². The highest BCUT2D eigenvalue weighted by atomic mass is 19.3. The average Bonchev–Trinajstić information content (AvgIpc) is 3.87. The Morgan fingerprint density at radius 3 is 2.29 bits per heavy atom. The number of fused-ring (bicyclic) bond motifs is 3. The number of carbonyl (C=O) groups is 2. The van der Waals surface area contributed by atoms with Gasteiger partial charge in [0.05, 0.1) is 56.0 Å². The number of hydrogen-bond acceptors (Lipinski definition) is 8. The smallest absolute Gasteiger partial charge is 0.453 e. The first-order chi connectivity index (χ1) is 23.1. The second-order valence-corrected chi connectivity index (χ2v) is 14.6. The number of rotatable bonds is 6. The number of benzene rings is 2. The summed E-state index contributed by atoms with van der Waals surface area (Å²) < 4.78 is 61.3. The maximum atomic E-state index is 16.2. The van der Waals surface area contributed by atoms with Crippen LogP contribution in [0.1, 0.15) is 71.0 Å². The van der Waals surface area contributed by atoms with Gasteiger partial charge in [0.15, 0.2) is 5.79 Å². The lowest BCUT2D eigenvalue weighted by molar-refractivity contribution is -0.153. The quantitative estimate of drug-likeness (QED) is 0.354. The minimum atomic E-state index is -3.26. The van der Waals surface area contributed by atoms with Crippen LogP contribution in [0.4, 0.5) is 13.6 Å². The molecule has 49 heavy (non-hydrogen) atoms. The number of aromatic amines is 1. The van der Waals surface area contributed by atoms with Crippen molar-refractivity contribution >= 4 is 24.6 Å². The Balaban J connectivity index is 1.17. The molecule has 0 bridgehead atoms. The fourth-order valence-corrected chi connectivity index (χ4v) is 7.09. The van der Waals surface area contributed by atoms with E-state index in [2.05, 4.69) is 15.3 Å². The third-order valence-electron chi connectivity index (χ3n) is 10.6. The molecule has 2 amide bonds. The second-order valence-electron chi connectivity index (χ2n) is 14.6. The summed E-state index contributed by atoms with van der Waals surface area (Å²) in [4.78, 5) is 35.5. The van der Waals surface area contributed by atoms with Crippen LogP contribution < -0.4 is 10.8 Å². The summed E-state index contributed by atoms with van der Waals surface area (Å²) in [5.41, 5.74) is 1.06. The van der Waals surface area contributed by atoms with E-state index in [-0.39, 0.29) is 29.5 Å². The highest BCUT2D eigenvalue weighted by Crippen LogP contribution is 2.52. The number of alkyl halides is 2. The van der Waals surface area contributed by atoms with Crippen LogP contribution >= 0.6 is 0 Å². The Hall–Kier alpha value is -3.85. The molecule has 11 nitrogen and oxygen atoms in total. The van der Waals surface area contributed by atoms with Gasteiger partial charge in [0.2, 0.25) is 5.91 Å². The summed E-state index contributed by atoms with van der Waals surface area (Å²) in [6.45, 7) is 12.3. The van der Waals surface area contributed by atoms with Gasteiger partial charge < -0.3 is 38.7 Å². The Labute approximate surface area is 284 Å². The molecule has 3 aliphatic heterocycles. The van der Waals surface area contributed by atoms with Crippen molar-refractivity contribution < 1.29 is 41.9 Å². The van der Waals surface area contributed by atoms with Crippen molar-refractivity contribution in [1.82, 2.24) is 20.2 Å². The number of alkyl carbamates (subject to hydrolysis) is 1. The monoisotopic (exact) mass is 678 g/mol. The molecular formula is C35H41BF2N4O7. The standard InChI is InChI=1S/C35H41BF2N4O7/c1-19(2)28(41-31(44)45-7)30(43)42-18-34(46-12-13-47-34)16-27(42)29-39-17-26(40-29)20-8-10-22-23-11-9-21(15-25(23)35(37,38)24(22)14-20)36-48-32(3,4)33(5,6)49-36/h8-11,14-15,17,19,27-28H,12-13,16,18H2,1-7H3,(H,39,40)(H,41,44)/t27-,28-/m0/s1. The number of hydrogen-bond donors (Lipinski definition) is 2. The Bertz CT molecular complexity index is 1790. The van der Waals surface area contributed by atoms with E-state index in [1.165, 1.54) is 19.2 Å². The zero-order chi connectivity index (χ0) is 35.1. The molecule has 0 saturated carbocycles. The number of aromatic nitrogens is 2. The summed E-state index contributed by atoms with van der Waals surface area (Å²) >= 11 is 0. The molecule has 4 heterocycles. The third-order valence-corrected chi connectivity index (χ3v) is 10.6. The van der Waals surface area contributed by atoms with E-state index in [1.807, 2.05) is 41.5 Å². The second kappa shape index (κ2) is 11.6. The van der Waals surface area contributed by atoms with Gasteiger partial charge in [-0.05, 0) is 56.3 Å². The zero-order valence-corrected chi connectivity index (χ0v) is 28.7. The van der Waals surface area contributed by atoms with E-state index < -0.39 is 48.2 Å². The molecular weight excluding hydrogens is 637 g/mol. The largest absolute Gasteiger partial charge is 0.494 e. The van der Waals surface area contributed by atoms with Crippen LogP contribution in [-0.4, -0.2) is 83.9 Å². The van der Waals surface area contributed by atoms with E-state index in [0.717, 1.165) is 0 Å². The number of likely N-dealkylation sites (tertiary alicyclic amines) is 1. The molecule has 1 spiro atoms. The van der Waals surface area contributed by atoms with Gasteiger partial charge in [0, 0.05) is 23.1 Å². The summed E-state index contributed by atoms with van der Waals surface area (Å²) in [5.74, 6) is -4.41. The molecule has 2 N–H and O–H groups in total. The van der Waals surface area contributed by atoms with E-state index in [0.29, 0.717) is 53.3 Å². The first-order valence-electron chi connectivity index (χ1n) is 16.6. The molecule has 3 fully saturated rings. The summed E-state index contributed by atoms with van der Waals surface area (Å²) in [5, 5.41) is 2.64. The Morgan fingerprint density at radius 1 is 1.02 bits per heavy atom. The van der Waals surface area contributed by atoms with Crippen LogP contribution in [0.25, 0.3) is 22.4 Å². The predicted molar refractivity (Wildman–Crippen MR) is 176 cm³/mol. The SMILES string of the molecule is COC(=O)N[C@H](C(=O)N1CC2(C[C@H]1c1ncc(-c3ccc4c(c3)C(F)(F)c3cc(B5OC(C)(C)C(C)(C)O5)ccc3-4)[nH]1)OCCO2)C(C)C. The fourth-order valence-electron chi connectivity index (χ4n) is 7.09. The van der Waals surface area contributed by atoms with E-state index >= 15 is 8.78 Å². The van der Waals surface area contributed by atoms with E-state index in [9.17, 15) is 9.59 Å². The lowest BCUT2D eigenvalue weighted by Crippen LogP contribution is -2.52. The number of nitrogens with zero attached hydrogens (tertiary/aromatic N) is 2. The van der Waals surface area contributed by atoms with E-state index in [1.54, 1.807) is 35.4 Å². The summed E-state index contributed by atoms with van der Waals surface area (Å²) in [6.07, 6.45) is 1.16. The van der Waals surface area contributed by atoms with Crippen molar-refractivity contribution in [3.63, 3.8) is 0 Å². The van der Waals surface area contributed by atoms with Gasteiger partial charge in [-0.3, -0.25) is 4.79 Å². The van der Waals surface area contributed by atoms with Crippen LogP contribution in [0.15, 0.2) is 42.6 Å². The number of carbonyl (C=O) groups excluding carboxylic acids is 2. The van der Waals surface area contributed by atoms with Crippen molar-refractivity contribution in [2.24, 2.45) is 5.92 Å². The summed E-state index contributed by atoms with van der Waals surface area (Å²) in [7, 11) is 0.476. The number of halogens is 2. The van der Waals surface area contributed by atoms with Gasteiger partial charge in [-0.25, -0.2) is 9.78 Å². The highest BCUT2D eigenvalue weighted by molar-refractivity contribution is 6.62.